The number of nitrogens with one attached hydrogen (secondary N) is 1. The highest BCUT2D eigenvalue weighted by atomic mass is 19.1. The van der Waals surface area contributed by atoms with Gasteiger partial charge in [-0.25, -0.2) is 4.39 Å². The van der Waals surface area contributed by atoms with Gasteiger partial charge in [-0.05, 0) is 62.5 Å². The van der Waals surface area contributed by atoms with Crippen LogP contribution in [0.2, 0.25) is 0 Å². The van der Waals surface area contributed by atoms with Crippen molar-refractivity contribution in [3.8, 4) is 0 Å². The van der Waals surface area contributed by atoms with Gasteiger partial charge in [0, 0.05) is 23.4 Å². The molecule has 0 bridgehead atoms. The average molecular weight is 276 g/mol. The number of carbonyl (C=O) groups excluding carboxylic acids is 1. The number of hydrogen-bond acceptors (Lipinski definition) is 2. The summed E-state index contributed by atoms with van der Waals surface area (Å²) in [5, 5.41) is 2.95. The van der Waals surface area contributed by atoms with Crippen molar-refractivity contribution in [3.63, 3.8) is 0 Å². The summed E-state index contributed by atoms with van der Waals surface area (Å²) in [5.41, 5.74) is 6.76. The fraction of sp³-hybridized carbons (Fsp3) is 0.562. The van der Waals surface area contributed by atoms with Crippen molar-refractivity contribution in [1.29, 1.82) is 0 Å². The molecule has 1 aromatic rings. The molecule has 0 atom stereocenters. The van der Waals surface area contributed by atoms with E-state index in [4.69, 9.17) is 5.73 Å². The molecule has 0 aromatic heterocycles. The van der Waals surface area contributed by atoms with Crippen LogP contribution < -0.4 is 11.1 Å². The number of amides is 1. The first-order valence-electron chi connectivity index (χ1n) is 7.40. The lowest BCUT2D eigenvalue weighted by Crippen LogP contribution is -2.31. The van der Waals surface area contributed by atoms with Crippen molar-refractivity contribution >= 4 is 11.6 Å². The summed E-state index contributed by atoms with van der Waals surface area (Å²) < 4.78 is 13.6. The molecular formula is C16H21FN2O. The molecule has 0 heterocycles. The van der Waals surface area contributed by atoms with Gasteiger partial charge in [0.15, 0.2) is 0 Å². The lowest BCUT2D eigenvalue weighted by atomic mass is 9.98. The molecule has 4 heteroatoms. The standard InChI is InChI=1S/C16H21FN2O/c1-9-14(17)6-12(7-15(9)18)16(20)19-8-13(10-2-3-10)11-4-5-11/h6-7,10-11,13H,2-5,8,18H2,1H3,(H,19,20). The van der Waals surface area contributed by atoms with Gasteiger partial charge in [-0.3, -0.25) is 4.79 Å². The first-order valence-corrected chi connectivity index (χ1v) is 7.40. The Balaban J connectivity index is 1.63. The van der Waals surface area contributed by atoms with E-state index in [1.165, 1.54) is 31.7 Å². The zero-order valence-corrected chi connectivity index (χ0v) is 11.8. The van der Waals surface area contributed by atoms with E-state index in [2.05, 4.69) is 5.32 Å². The van der Waals surface area contributed by atoms with E-state index >= 15 is 0 Å². The molecule has 0 unspecified atom stereocenters. The quantitative estimate of drug-likeness (QED) is 0.812. The van der Waals surface area contributed by atoms with Gasteiger partial charge in [0.2, 0.25) is 0 Å². The molecule has 3 rings (SSSR count). The van der Waals surface area contributed by atoms with Crippen molar-refractivity contribution in [2.45, 2.75) is 32.6 Å². The number of rotatable bonds is 5. The first-order chi connectivity index (χ1) is 9.56. The highest BCUT2D eigenvalue weighted by Gasteiger charge is 2.41. The smallest absolute Gasteiger partial charge is 0.251 e. The van der Waals surface area contributed by atoms with Crippen LogP contribution in [-0.2, 0) is 0 Å². The number of nitrogens with two attached hydrogens (primary N) is 1. The van der Waals surface area contributed by atoms with E-state index in [9.17, 15) is 9.18 Å². The van der Waals surface area contributed by atoms with Crippen LogP contribution in [0.1, 0.15) is 41.6 Å². The van der Waals surface area contributed by atoms with Gasteiger partial charge in [-0.2, -0.15) is 0 Å². The third-order valence-corrected chi connectivity index (χ3v) is 4.60. The summed E-state index contributed by atoms with van der Waals surface area (Å²) in [7, 11) is 0. The second kappa shape index (κ2) is 5.08. The third-order valence-electron chi connectivity index (χ3n) is 4.60. The Bertz CT molecular complexity index is 500. The number of nitrogen functional groups attached to an aromatic ring is 1. The minimum Gasteiger partial charge on any atom is -0.398 e. The van der Waals surface area contributed by atoms with Crippen LogP contribution in [0.3, 0.4) is 0 Å². The van der Waals surface area contributed by atoms with Gasteiger partial charge in [0.1, 0.15) is 5.82 Å². The number of halogens is 1. The molecule has 1 amide bonds. The van der Waals surface area contributed by atoms with E-state index in [1.807, 2.05) is 0 Å². The fourth-order valence-corrected chi connectivity index (χ4v) is 2.91. The second-order valence-electron chi connectivity index (χ2n) is 6.22. The Morgan fingerprint density at radius 1 is 1.35 bits per heavy atom. The lowest BCUT2D eigenvalue weighted by molar-refractivity contribution is 0.0943. The average Bonchev–Trinajstić information content (AvgIpc) is 3.26. The van der Waals surface area contributed by atoms with Crippen LogP contribution >= 0.6 is 0 Å². The van der Waals surface area contributed by atoms with Crippen LogP contribution in [-0.4, -0.2) is 12.5 Å². The Morgan fingerprint density at radius 2 is 1.95 bits per heavy atom. The number of anilines is 1. The molecule has 0 spiro atoms. The maximum atomic E-state index is 13.6. The Kier molecular flexibility index (Phi) is 3.40. The number of hydrogen-bond donors (Lipinski definition) is 2. The van der Waals surface area contributed by atoms with Gasteiger partial charge in [0.25, 0.3) is 5.91 Å². The predicted molar refractivity (Wildman–Crippen MR) is 76.8 cm³/mol. The molecule has 2 saturated carbocycles. The summed E-state index contributed by atoms with van der Waals surface area (Å²) in [6.07, 6.45) is 5.18. The highest BCUT2D eigenvalue weighted by Crippen LogP contribution is 2.48. The molecule has 20 heavy (non-hydrogen) atoms. The fourth-order valence-electron chi connectivity index (χ4n) is 2.91. The van der Waals surface area contributed by atoms with Gasteiger partial charge in [0.05, 0.1) is 0 Å². The van der Waals surface area contributed by atoms with E-state index in [-0.39, 0.29) is 5.91 Å². The zero-order valence-electron chi connectivity index (χ0n) is 11.8. The molecule has 2 aliphatic rings. The SMILES string of the molecule is Cc1c(N)cc(C(=O)NCC(C2CC2)C2CC2)cc1F. The largest absolute Gasteiger partial charge is 0.398 e. The molecule has 0 radical (unpaired) electrons. The zero-order chi connectivity index (χ0) is 14.3. The Labute approximate surface area is 118 Å². The van der Waals surface area contributed by atoms with Crippen LogP contribution in [0.5, 0.6) is 0 Å². The maximum absolute atomic E-state index is 13.6. The third kappa shape index (κ3) is 2.79. The molecule has 3 N–H and O–H groups in total. The molecule has 3 nitrogen and oxygen atoms in total. The van der Waals surface area contributed by atoms with E-state index in [0.717, 1.165) is 11.8 Å². The van der Waals surface area contributed by atoms with Gasteiger partial charge >= 0.3 is 0 Å². The minimum atomic E-state index is -0.420. The summed E-state index contributed by atoms with van der Waals surface area (Å²) in [6.45, 7) is 2.33. The van der Waals surface area contributed by atoms with E-state index in [1.54, 1.807) is 13.0 Å². The summed E-state index contributed by atoms with van der Waals surface area (Å²) >= 11 is 0. The molecule has 0 saturated heterocycles. The van der Waals surface area contributed by atoms with Crippen molar-refractivity contribution in [2.75, 3.05) is 12.3 Å². The van der Waals surface area contributed by atoms with Gasteiger partial charge in [-0.1, -0.05) is 0 Å². The first kappa shape index (κ1) is 13.4. The summed E-state index contributed by atoms with van der Waals surface area (Å²) in [4.78, 5) is 12.1. The van der Waals surface area contributed by atoms with Gasteiger partial charge in [-0.15, -0.1) is 0 Å². The van der Waals surface area contributed by atoms with Crippen molar-refractivity contribution in [2.24, 2.45) is 17.8 Å². The second-order valence-corrected chi connectivity index (χ2v) is 6.22. The summed E-state index contributed by atoms with van der Waals surface area (Å²) in [5.74, 6) is 1.56. The highest BCUT2D eigenvalue weighted by molar-refractivity contribution is 5.95. The monoisotopic (exact) mass is 276 g/mol. The predicted octanol–water partition coefficient (Wildman–Crippen LogP) is 2.88. The molecule has 0 aliphatic heterocycles. The van der Waals surface area contributed by atoms with Crippen LogP contribution in [0.15, 0.2) is 12.1 Å². The van der Waals surface area contributed by atoms with E-state index < -0.39 is 5.82 Å². The normalized spacial score (nSPS) is 18.4. The maximum Gasteiger partial charge on any atom is 0.251 e. The Hall–Kier alpha value is -1.58. The van der Waals surface area contributed by atoms with Crippen molar-refractivity contribution in [3.05, 3.63) is 29.1 Å². The molecule has 1 aromatic carbocycles. The number of carbonyl (C=O) groups is 1. The minimum absolute atomic E-state index is 0.220. The molecule has 2 fully saturated rings. The topological polar surface area (TPSA) is 55.1 Å². The lowest BCUT2D eigenvalue weighted by Gasteiger charge is -2.16. The van der Waals surface area contributed by atoms with Crippen LogP contribution in [0.4, 0.5) is 10.1 Å². The van der Waals surface area contributed by atoms with Crippen LogP contribution in [0.25, 0.3) is 0 Å². The number of benzene rings is 1. The molecular weight excluding hydrogens is 255 g/mol. The van der Waals surface area contributed by atoms with Gasteiger partial charge < -0.3 is 11.1 Å². The summed E-state index contributed by atoms with van der Waals surface area (Å²) in [6, 6.07) is 2.82. The van der Waals surface area contributed by atoms with E-state index in [0.29, 0.717) is 29.3 Å². The van der Waals surface area contributed by atoms with Crippen LogP contribution in [0, 0.1) is 30.5 Å². The molecule has 108 valence electrons. The Morgan fingerprint density at radius 3 is 2.45 bits per heavy atom. The molecule has 2 aliphatic carbocycles. The van der Waals surface area contributed by atoms with Crippen molar-refractivity contribution in [1.82, 2.24) is 5.32 Å². The van der Waals surface area contributed by atoms with Crippen molar-refractivity contribution < 1.29 is 9.18 Å².